The summed E-state index contributed by atoms with van der Waals surface area (Å²) in [5.74, 6) is 0. The largest absolute Gasteiger partial charge is 0.329 e. The van der Waals surface area contributed by atoms with Crippen LogP contribution < -0.4 is 11.1 Å². The van der Waals surface area contributed by atoms with Gasteiger partial charge in [0.25, 0.3) is 0 Å². The van der Waals surface area contributed by atoms with E-state index in [2.05, 4.69) is 29.3 Å². The van der Waals surface area contributed by atoms with Crippen molar-refractivity contribution in [3.63, 3.8) is 0 Å². The van der Waals surface area contributed by atoms with Gasteiger partial charge >= 0.3 is 0 Å². The summed E-state index contributed by atoms with van der Waals surface area (Å²) in [4.78, 5) is 2.60. The van der Waals surface area contributed by atoms with Gasteiger partial charge in [0.1, 0.15) is 0 Å². The number of likely N-dealkylation sites (tertiary alicyclic amines) is 1. The quantitative estimate of drug-likeness (QED) is 0.733. The smallest absolute Gasteiger partial charge is 0.0319 e. The summed E-state index contributed by atoms with van der Waals surface area (Å²) in [6, 6.07) is 0.631. The fraction of sp³-hybridized carbons (Fsp3) is 0.867. The molecule has 1 unspecified atom stereocenters. The van der Waals surface area contributed by atoms with Gasteiger partial charge in [0, 0.05) is 18.1 Å². The van der Waals surface area contributed by atoms with Crippen LogP contribution in [-0.4, -0.2) is 42.7 Å². The molecule has 0 aromatic heterocycles. The second kappa shape index (κ2) is 6.69. The van der Waals surface area contributed by atoms with E-state index >= 15 is 0 Å². The summed E-state index contributed by atoms with van der Waals surface area (Å²) < 4.78 is 0. The molecule has 0 spiro atoms. The number of hydrogen-bond donors (Lipinski definition) is 2. The third kappa shape index (κ3) is 3.56. The molecule has 1 aliphatic carbocycles. The highest BCUT2D eigenvalue weighted by atomic mass is 15.1. The van der Waals surface area contributed by atoms with Crippen LogP contribution in [0.2, 0.25) is 0 Å². The molecule has 1 heterocycles. The van der Waals surface area contributed by atoms with Gasteiger partial charge in [-0.2, -0.15) is 0 Å². The van der Waals surface area contributed by atoms with E-state index in [0.29, 0.717) is 6.04 Å². The Kier molecular flexibility index (Phi) is 5.22. The van der Waals surface area contributed by atoms with Crippen LogP contribution >= 0.6 is 0 Å². The molecule has 2 rings (SSSR count). The molecule has 3 N–H and O–H groups in total. The monoisotopic (exact) mass is 251 g/mol. The van der Waals surface area contributed by atoms with Crippen molar-refractivity contribution in [3.8, 4) is 0 Å². The van der Waals surface area contributed by atoms with E-state index in [1.165, 1.54) is 58.2 Å². The highest BCUT2D eigenvalue weighted by Gasteiger charge is 2.33. The van der Waals surface area contributed by atoms with Crippen molar-refractivity contribution < 1.29 is 0 Å². The predicted molar refractivity (Wildman–Crippen MR) is 77.7 cm³/mol. The lowest BCUT2D eigenvalue weighted by atomic mass is 9.89. The number of nitrogens with zero attached hydrogens (tertiary/aromatic N) is 1. The van der Waals surface area contributed by atoms with E-state index in [-0.39, 0.29) is 5.54 Å². The Morgan fingerprint density at radius 2 is 2.06 bits per heavy atom. The summed E-state index contributed by atoms with van der Waals surface area (Å²) in [5, 5.41) is 3.87. The lowest BCUT2D eigenvalue weighted by Gasteiger charge is -2.36. The van der Waals surface area contributed by atoms with Crippen molar-refractivity contribution in [1.82, 2.24) is 10.2 Å². The number of nitrogens with two attached hydrogens (primary N) is 1. The van der Waals surface area contributed by atoms with Crippen LogP contribution in [0, 0.1) is 0 Å². The van der Waals surface area contributed by atoms with Gasteiger partial charge in [-0.1, -0.05) is 19.1 Å². The molecule has 2 aliphatic rings. The fourth-order valence-corrected chi connectivity index (χ4v) is 3.37. The summed E-state index contributed by atoms with van der Waals surface area (Å²) in [5.41, 5.74) is 6.30. The molecule has 1 aliphatic heterocycles. The normalized spacial score (nSPS) is 30.8. The van der Waals surface area contributed by atoms with Crippen LogP contribution in [-0.2, 0) is 0 Å². The Morgan fingerprint density at radius 1 is 1.28 bits per heavy atom. The van der Waals surface area contributed by atoms with Crippen molar-refractivity contribution in [2.24, 2.45) is 5.73 Å². The van der Waals surface area contributed by atoms with Crippen molar-refractivity contribution in [1.29, 1.82) is 0 Å². The SMILES string of the molecule is CCCN1CCCC(CN)(NC2CC=CC2)CC1. The molecule has 0 aromatic carbocycles. The van der Waals surface area contributed by atoms with E-state index in [9.17, 15) is 0 Å². The van der Waals surface area contributed by atoms with E-state index in [1.54, 1.807) is 0 Å². The maximum Gasteiger partial charge on any atom is 0.0319 e. The molecule has 18 heavy (non-hydrogen) atoms. The molecule has 0 saturated carbocycles. The molecule has 1 fully saturated rings. The first kappa shape index (κ1) is 14.0. The summed E-state index contributed by atoms with van der Waals surface area (Å²) in [6.45, 7) is 6.75. The highest BCUT2D eigenvalue weighted by molar-refractivity contribution is 5.02. The lowest BCUT2D eigenvalue weighted by molar-refractivity contribution is 0.243. The van der Waals surface area contributed by atoms with Crippen LogP contribution in [0.25, 0.3) is 0 Å². The van der Waals surface area contributed by atoms with Gasteiger partial charge in [-0.15, -0.1) is 0 Å². The van der Waals surface area contributed by atoms with E-state index in [1.807, 2.05) is 0 Å². The summed E-state index contributed by atoms with van der Waals surface area (Å²) in [7, 11) is 0. The van der Waals surface area contributed by atoms with Gasteiger partial charge in [-0.25, -0.2) is 0 Å². The lowest BCUT2D eigenvalue weighted by Crippen LogP contribution is -2.55. The predicted octanol–water partition coefficient (Wildman–Crippen LogP) is 1.89. The minimum atomic E-state index is 0.194. The van der Waals surface area contributed by atoms with Crippen molar-refractivity contribution >= 4 is 0 Å². The second-order valence-electron chi connectivity index (χ2n) is 5.96. The Labute approximate surface area is 112 Å². The van der Waals surface area contributed by atoms with Gasteiger partial charge in [0.15, 0.2) is 0 Å². The van der Waals surface area contributed by atoms with E-state index in [0.717, 1.165) is 6.54 Å². The molecule has 104 valence electrons. The standard InChI is InChI=1S/C15H29N3/c1-2-10-18-11-5-8-15(13-16,9-12-18)17-14-6-3-4-7-14/h3-4,14,17H,2,5-13,16H2,1H3. The average Bonchev–Trinajstić information content (AvgIpc) is 2.80. The van der Waals surface area contributed by atoms with Crippen LogP contribution in [0.4, 0.5) is 0 Å². The maximum absolute atomic E-state index is 6.10. The third-order valence-corrected chi connectivity index (χ3v) is 4.49. The van der Waals surface area contributed by atoms with Crippen LogP contribution in [0.5, 0.6) is 0 Å². The molecular formula is C15H29N3. The summed E-state index contributed by atoms with van der Waals surface area (Å²) in [6.07, 6.45) is 11.9. The Hall–Kier alpha value is -0.380. The van der Waals surface area contributed by atoms with Crippen LogP contribution in [0.3, 0.4) is 0 Å². The van der Waals surface area contributed by atoms with Crippen LogP contribution in [0.1, 0.15) is 45.4 Å². The number of hydrogen-bond acceptors (Lipinski definition) is 3. The van der Waals surface area contributed by atoms with Gasteiger partial charge in [-0.05, 0) is 58.2 Å². The molecular weight excluding hydrogens is 222 g/mol. The summed E-state index contributed by atoms with van der Waals surface area (Å²) >= 11 is 0. The molecule has 0 amide bonds. The molecule has 0 radical (unpaired) electrons. The maximum atomic E-state index is 6.10. The minimum Gasteiger partial charge on any atom is -0.329 e. The fourth-order valence-electron chi connectivity index (χ4n) is 3.37. The molecule has 0 aromatic rings. The number of rotatable bonds is 5. The average molecular weight is 251 g/mol. The molecule has 1 atom stereocenters. The zero-order chi connectivity index (χ0) is 12.8. The van der Waals surface area contributed by atoms with E-state index < -0.39 is 0 Å². The van der Waals surface area contributed by atoms with Gasteiger partial charge in [0.2, 0.25) is 0 Å². The zero-order valence-electron chi connectivity index (χ0n) is 11.8. The van der Waals surface area contributed by atoms with Crippen LogP contribution in [0.15, 0.2) is 12.2 Å². The van der Waals surface area contributed by atoms with Crippen molar-refractivity contribution in [3.05, 3.63) is 12.2 Å². The molecule has 3 nitrogen and oxygen atoms in total. The highest BCUT2D eigenvalue weighted by Crippen LogP contribution is 2.24. The second-order valence-corrected chi connectivity index (χ2v) is 5.96. The van der Waals surface area contributed by atoms with Crippen molar-refractivity contribution in [2.75, 3.05) is 26.2 Å². The van der Waals surface area contributed by atoms with Gasteiger partial charge in [-0.3, -0.25) is 0 Å². The Morgan fingerprint density at radius 3 is 2.72 bits per heavy atom. The Bertz CT molecular complexity index is 269. The minimum absolute atomic E-state index is 0.194. The zero-order valence-corrected chi connectivity index (χ0v) is 11.8. The Balaban J connectivity index is 1.90. The third-order valence-electron chi connectivity index (χ3n) is 4.49. The first-order chi connectivity index (χ1) is 8.78. The molecule has 0 bridgehead atoms. The van der Waals surface area contributed by atoms with E-state index in [4.69, 9.17) is 5.73 Å². The first-order valence-electron chi connectivity index (χ1n) is 7.63. The van der Waals surface area contributed by atoms with Gasteiger partial charge in [0.05, 0.1) is 0 Å². The number of nitrogens with one attached hydrogen (secondary N) is 1. The van der Waals surface area contributed by atoms with Crippen molar-refractivity contribution in [2.45, 2.75) is 57.0 Å². The topological polar surface area (TPSA) is 41.3 Å². The molecule has 1 saturated heterocycles. The first-order valence-corrected chi connectivity index (χ1v) is 7.63. The molecule has 3 heteroatoms. The van der Waals surface area contributed by atoms with Gasteiger partial charge < -0.3 is 16.0 Å².